The second-order valence-corrected chi connectivity index (χ2v) is 9.97. The van der Waals surface area contributed by atoms with Gasteiger partial charge in [-0.2, -0.15) is 31.3 Å². The number of hydrogen-bond acceptors (Lipinski definition) is 5. The van der Waals surface area contributed by atoms with Gasteiger partial charge in [0.15, 0.2) is 11.4 Å². The Morgan fingerprint density at radius 2 is 1.24 bits per heavy atom. The maximum absolute atomic E-state index is 13.6. The zero-order valence-corrected chi connectivity index (χ0v) is 22.3. The summed E-state index contributed by atoms with van der Waals surface area (Å²) in [5.41, 5.74) is -0.113. The molecule has 3 aromatic heterocycles. The van der Waals surface area contributed by atoms with Crippen molar-refractivity contribution in [3.63, 3.8) is 0 Å². The quantitative estimate of drug-likeness (QED) is 0.191. The van der Waals surface area contributed by atoms with Crippen LogP contribution in [0.3, 0.4) is 0 Å². The minimum Gasteiger partial charge on any atom is -0.334 e. The van der Waals surface area contributed by atoms with E-state index >= 15 is 0 Å². The zero-order chi connectivity index (χ0) is 29.7. The van der Waals surface area contributed by atoms with Crippen LogP contribution in [0.5, 0.6) is 0 Å². The molecule has 0 saturated heterocycles. The molecule has 3 heterocycles. The predicted molar refractivity (Wildman–Crippen MR) is 138 cm³/mol. The molecule has 0 atom stereocenters. The van der Waals surface area contributed by atoms with Gasteiger partial charge in [-0.1, -0.05) is 41.6 Å². The highest BCUT2D eigenvalue weighted by atomic mass is 19.4. The summed E-state index contributed by atoms with van der Waals surface area (Å²) >= 11 is 0. The van der Waals surface area contributed by atoms with Gasteiger partial charge in [-0.25, -0.2) is 9.97 Å². The van der Waals surface area contributed by atoms with E-state index in [1.165, 1.54) is 27.6 Å². The number of alkyl halides is 6. The van der Waals surface area contributed by atoms with Crippen LogP contribution in [0, 0.1) is 0 Å². The van der Waals surface area contributed by atoms with E-state index in [1.807, 2.05) is 0 Å². The van der Waals surface area contributed by atoms with E-state index in [9.17, 15) is 26.3 Å². The Morgan fingerprint density at radius 3 is 1.80 bits per heavy atom. The maximum atomic E-state index is 13.6. The molecule has 0 aliphatic rings. The van der Waals surface area contributed by atoms with E-state index < -0.39 is 23.7 Å². The Kier molecular flexibility index (Phi) is 7.00. The van der Waals surface area contributed by atoms with E-state index in [2.05, 4.69) is 20.1 Å². The molecular weight excluding hydrogens is 550 g/mol. The molecule has 7 nitrogen and oxygen atoms in total. The monoisotopic (exact) mass is 574 g/mol. The Balaban J connectivity index is 1.41. The van der Waals surface area contributed by atoms with Crippen LogP contribution in [0.2, 0.25) is 0 Å². The van der Waals surface area contributed by atoms with E-state index in [4.69, 9.17) is 4.52 Å². The molecule has 0 N–H and O–H groups in total. The maximum Gasteiger partial charge on any atom is 0.435 e. The summed E-state index contributed by atoms with van der Waals surface area (Å²) in [7, 11) is 0. The average Bonchev–Trinajstić information content (AvgIpc) is 3.66. The molecule has 0 radical (unpaired) electrons. The fourth-order valence-corrected chi connectivity index (χ4v) is 4.38. The van der Waals surface area contributed by atoms with Crippen LogP contribution in [0.15, 0.2) is 65.6 Å². The number of halogens is 6. The van der Waals surface area contributed by atoms with Crippen LogP contribution in [0.1, 0.15) is 51.2 Å². The summed E-state index contributed by atoms with van der Waals surface area (Å²) in [5.74, 6) is 0.558. The molecular formula is C28H24F6N6O. The van der Waals surface area contributed by atoms with Crippen molar-refractivity contribution < 1.29 is 30.9 Å². The fraction of sp³-hybridized carbons (Fsp3) is 0.286. The van der Waals surface area contributed by atoms with Crippen LogP contribution in [-0.4, -0.2) is 29.2 Å². The molecule has 13 heteroatoms. The van der Waals surface area contributed by atoms with Gasteiger partial charge in [0, 0.05) is 40.5 Å². The molecule has 0 fully saturated rings. The normalized spacial score (nSPS) is 12.6. The number of benzene rings is 2. The van der Waals surface area contributed by atoms with Gasteiger partial charge >= 0.3 is 12.4 Å². The zero-order valence-electron chi connectivity index (χ0n) is 22.3. The highest BCUT2D eigenvalue weighted by Crippen LogP contribution is 2.38. The lowest BCUT2D eigenvalue weighted by Gasteiger charge is -2.14. The van der Waals surface area contributed by atoms with Crippen molar-refractivity contribution in [2.24, 2.45) is 0 Å². The average molecular weight is 575 g/mol. The number of nitrogens with zero attached hydrogens (tertiary/aromatic N) is 6. The molecule has 0 aliphatic carbocycles. The van der Waals surface area contributed by atoms with Crippen molar-refractivity contribution in [1.29, 1.82) is 0 Å². The second kappa shape index (κ2) is 10.2. The van der Waals surface area contributed by atoms with Crippen molar-refractivity contribution in [2.45, 2.75) is 52.1 Å². The first kappa shape index (κ1) is 28.1. The van der Waals surface area contributed by atoms with Crippen LogP contribution >= 0.6 is 0 Å². The summed E-state index contributed by atoms with van der Waals surface area (Å²) < 4.78 is 88.8. The number of aromatic nitrogens is 6. The van der Waals surface area contributed by atoms with E-state index in [0.717, 1.165) is 6.20 Å². The molecule has 0 aliphatic heterocycles. The van der Waals surface area contributed by atoms with Crippen LogP contribution in [0.25, 0.3) is 45.5 Å². The lowest BCUT2D eigenvalue weighted by molar-refractivity contribution is -0.141. The first-order chi connectivity index (χ1) is 19.2. The van der Waals surface area contributed by atoms with Crippen molar-refractivity contribution in [3.05, 3.63) is 72.4 Å². The van der Waals surface area contributed by atoms with Gasteiger partial charge in [0.1, 0.15) is 5.82 Å². The number of rotatable bonds is 6. The minimum atomic E-state index is -4.61. The van der Waals surface area contributed by atoms with Crippen LogP contribution in [0.4, 0.5) is 26.3 Å². The van der Waals surface area contributed by atoms with Crippen LogP contribution in [-0.2, 0) is 12.4 Å². The molecule has 0 saturated carbocycles. The lowest BCUT2D eigenvalue weighted by Crippen LogP contribution is -2.10. The van der Waals surface area contributed by atoms with Crippen molar-refractivity contribution in [3.8, 4) is 45.5 Å². The summed E-state index contributed by atoms with van der Waals surface area (Å²) in [6.45, 7) is 7.07. The summed E-state index contributed by atoms with van der Waals surface area (Å²) in [4.78, 5) is 11.8. The van der Waals surface area contributed by atoms with E-state index in [0.29, 0.717) is 22.3 Å². The molecule has 0 amide bonds. The fourth-order valence-electron chi connectivity index (χ4n) is 4.38. The molecule has 0 spiro atoms. The van der Waals surface area contributed by atoms with Gasteiger partial charge in [-0.15, -0.1) is 0 Å². The summed E-state index contributed by atoms with van der Waals surface area (Å²) in [5, 5.41) is 3.98. The molecule has 41 heavy (non-hydrogen) atoms. The molecule has 2 aromatic carbocycles. The molecule has 214 valence electrons. The van der Waals surface area contributed by atoms with Gasteiger partial charge in [-0.05, 0) is 39.8 Å². The molecule has 5 rings (SSSR count). The standard InChI is InChI=1S/C28H24F6N6O/c1-15(2)39-13-21(27(29,30)31)36-25(39)19-9-11-20(12-10-19)26-37-24(38-41-26)18-7-5-17(6-8-18)22-23(28(32,33)34)35-14-40(22)16(3)4/h5-16H,1-4H3. The topological polar surface area (TPSA) is 74.6 Å². The van der Waals surface area contributed by atoms with Crippen molar-refractivity contribution >= 4 is 0 Å². The van der Waals surface area contributed by atoms with Crippen molar-refractivity contribution in [2.75, 3.05) is 0 Å². The Morgan fingerprint density at radius 1 is 0.683 bits per heavy atom. The van der Waals surface area contributed by atoms with Gasteiger partial charge in [-0.3, -0.25) is 0 Å². The van der Waals surface area contributed by atoms with Crippen LogP contribution < -0.4 is 0 Å². The molecule has 5 aromatic rings. The Bertz CT molecular complexity index is 1660. The number of imidazole rings is 2. The van der Waals surface area contributed by atoms with Gasteiger partial charge < -0.3 is 13.7 Å². The van der Waals surface area contributed by atoms with E-state index in [-0.39, 0.29) is 35.3 Å². The molecule has 0 bridgehead atoms. The minimum absolute atomic E-state index is 0.0339. The smallest absolute Gasteiger partial charge is 0.334 e. The van der Waals surface area contributed by atoms with Gasteiger partial charge in [0.25, 0.3) is 5.89 Å². The largest absolute Gasteiger partial charge is 0.435 e. The SMILES string of the molecule is CC(C)n1cc(C(F)(F)F)nc1-c1ccc(-c2nc(-c3ccc(-c4c(C(F)(F)F)ncn4C(C)C)cc3)no2)cc1. The van der Waals surface area contributed by atoms with Gasteiger partial charge in [0.05, 0.1) is 12.0 Å². The lowest BCUT2D eigenvalue weighted by atomic mass is 10.1. The first-order valence-corrected chi connectivity index (χ1v) is 12.6. The third-order valence-electron chi connectivity index (χ3n) is 6.43. The van der Waals surface area contributed by atoms with Gasteiger partial charge in [0.2, 0.25) is 5.82 Å². The second-order valence-electron chi connectivity index (χ2n) is 9.97. The highest BCUT2D eigenvalue weighted by Gasteiger charge is 2.38. The van der Waals surface area contributed by atoms with E-state index in [1.54, 1.807) is 64.1 Å². The summed E-state index contributed by atoms with van der Waals surface area (Å²) in [6.07, 6.45) is -7.01. The Hall–Kier alpha value is -4.42. The Labute approximate surface area is 230 Å². The number of hydrogen-bond donors (Lipinski definition) is 0. The molecule has 0 unspecified atom stereocenters. The third kappa shape index (κ3) is 5.48. The summed E-state index contributed by atoms with van der Waals surface area (Å²) in [6, 6.07) is 12.3. The third-order valence-corrected chi connectivity index (χ3v) is 6.43. The highest BCUT2D eigenvalue weighted by molar-refractivity contribution is 5.69. The predicted octanol–water partition coefficient (Wildman–Crippen LogP) is 8.33. The first-order valence-electron chi connectivity index (χ1n) is 12.6. The van der Waals surface area contributed by atoms with Crippen molar-refractivity contribution in [1.82, 2.24) is 29.2 Å².